The Morgan fingerprint density at radius 2 is 0.725 bits per heavy atom. The van der Waals surface area contributed by atoms with Gasteiger partial charge in [-0.05, 0) is 251 Å². The number of terminal acetylenes is 3. The summed E-state index contributed by atoms with van der Waals surface area (Å²) in [4.78, 5) is 18.7. The highest BCUT2D eigenvalue weighted by molar-refractivity contribution is 5.86. The van der Waals surface area contributed by atoms with E-state index in [0.717, 1.165) is 123 Å². The fraction of sp³-hybridized carbons (Fsp3) is 0.892. The smallest absolute Gasteiger partial charge is 0.234 e. The number of aliphatic hydroxyl groups excluding tert-OH is 1. The number of hydrogen-bond acceptors (Lipinski definition) is 16. The average Bonchev–Trinajstić information content (AvgIpc) is 0.700. The normalized spacial score (nSPS) is 33.5. The molecular weight excluding hydrogens is 1290 g/mol. The fourth-order valence-corrected chi connectivity index (χ4v) is 15.3. The topological polar surface area (TPSA) is 242 Å². The van der Waals surface area contributed by atoms with Crippen LogP contribution in [0.1, 0.15) is 262 Å². The molecule has 14 saturated carbocycles. The van der Waals surface area contributed by atoms with Crippen LogP contribution in [0.25, 0.3) is 9.69 Å². The summed E-state index contributed by atoms with van der Waals surface area (Å²) in [7, 11) is 1.72. The number of nitrogens with one attached hydrogen (secondary N) is 1. The van der Waals surface area contributed by atoms with Gasteiger partial charge in [0, 0.05) is 70.1 Å². The number of nitrogens with zero attached hydrogens (tertiary/aromatic N) is 2. The van der Waals surface area contributed by atoms with Crippen molar-refractivity contribution in [3.63, 3.8) is 0 Å². The summed E-state index contributed by atoms with van der Waals surface area (Å²) >= 11 is 0. The number of ether oxygens (including phenoxy) is 9. The second-order valence-corrected chi connectivity index (χ2v) is 36.4. The van der Waals surface area contributed by atoms with Crippen molar-refractivity contribution in [2.75, 3.05) is 73.1 Å². The molecular formula is C83H145N3O16. The van der Waals surface area contributed by atoms with E-state index in [1.807, 2.05) is 83.1 Å². The molecule has 102 heavy (non-hydrogen) atoms. The largest absolute Gasteiger partial charge is 0.396 e. The van der Waals surface area contributed by atoms with Crippen LogP contribution in [0.2, 0.25) is 0 Å². The van der Waals surface area contributed by atoms with E-state index in [9.17, 15) is 30.3 Å². The summed E-state index contributed by atoms with van der Waals surface area (Å²) in [5.41, 5.74) is -2.04. The number of rotatable bonds is 29. The molecule has 14 aliphatic rings. The van der Waals surface area contributed by atoms with Crippen LogP contribution in [0.5, 0.6) is 0 Å². The average molecular weight is 1440 g/mol. The van der Waals surface area contributed by atoms with Crippen molar-refractivity contribution in [3.8, 4) is 37.0 Å². The van der Waals surface area contributed by atoms with E-state index in [4.69, 9.17) is 80.2 Å². The summed E-state index contributed by atoms with van der Waals surface area (Å²) < 4.78 is 48.5. The van der Waals surface area contributed by atoms with Crippen LogP contribution < -0.4 is 5.32 Å². The Labute approximate surface area is 619 Å². The standard InChI is InChI=1S/C11H19NO2.C10H15NO.C10H17NO.C10H18O2.C9H16O2.C9H18O2.3C8H14O2/c1-8(2)14-7-10-4-11(5-10,6-10)9(13)12-3;1-8(2)12-7-9-4-10(5-9,6-9)11-3;1-8(2)12-7-9-5-10(3,6-9)11-4;1-8(2)12-7-10-3-9(4-10,5-10)6-11;1-7(2)11-6-8-3-9(10,4-8)5-8;1-7(2)11-6-8-4-9(3,10)5-8;3*1-5-8(4,9)6-10-7(2)3/h8H,4-7H2,1-3H3,(H,12,13);8H,4-7H2,1-2H3;8-9H,5-7H2,1-3H3;8,11H,3-7H2,1-2H3;7,10H,3-6H2,1-2H3;7-8,10H,4-6H2,1-3H3;3*1,7,9H,6H2,2-4H3/t;;;;;;2*8-;/m......10./s1. The van der Waals surface area contributed by atoms with Gasteiger partial charge in [0.05, 0.1) is 124 Å². The molecule has 1 amide bonds. The van der Waals surface area contributed by atoms with Crippen LogP contribution in [0.15, 0.2) is 0 Å². The van der Waals surface area contributed by atoms with Gasteiger partial charge in [-0.1, -0.05) is 17.8 Å². The first-order valence-corrected chi connectivity index (χ1v) is 37.9. The number of aliphatic hydroxyl groups is 6. The Bertz CT molecular complexity index is 2530. The van der Waals surface area contributed by atoms with E-state index in [-0.39, 0.29) is 66.1 Å². The zero-order valence-corrected chi connectivity index (χ0v) is 68.1. The molecule has 7 N–H and O–H groups in total. The van der Waals surface area contributed by atoms with E-state index in [2.05, 4.69) is 88.2 Å². The predicted octanol–water partition coefficient (Wildman–Crippen LogP) is 12.9. The zero-order chi connectivity index (χ0) is 78.4. The van der Waals surface area contributed by atoms with E-state index in [0.29, 0.717) is 82.1 Å². The van der Waals surface area contributed by atoms with Crippen molar-refractivity contribution in [2.45, 2.75) is 356 Å². The third-order valence-electron chi connectivity index (χ3n) is 20.3. The van der Waals surface area contributed by atoms with Gasteiger partial charge in [-0.2, -0.15) is 0 Å². The summed E-state index contributed by atoms with van der Waals surface area (Å²) in [5, 5.41) is 58.3. The second kappa shape index (κ2) is 39.6. The quantitative estimate of drug-likeness (QED) is 0.0272. The van der Waals surface area contributed by atoms with Gasteiger partial charge in [-0.15, -0.1) is 19.3 Å². The Hall–Kier alpha value is -3.47. The highest BCUT2D eigenvalue weighted by Crippen LogP contribution is 2.74. The van der Waals surface area contributed by atoms with E-state index in [1.165, 1.54) is 19.3 Å². The van der Waals surface area contributed by atoms with Crippen molar-refractivity contribution >= 4 is 5.91 Å². The van der Waals surface area contributed by atoms with Crippen molar-refractivity contribution in [3.05, 3.63) is 22.8 Å². The van der Waals surface area contributed by atoms with Crippen LogP contribution >= 0.6 is 0 Å². The minimum Gasteiger partial charge on any atom is -0.396 e. The lowest BCUT2D eigenvalue weighted by Gasteiger charge is -2.70. The Balaban J connectivity index is 0.000000391. The Morgan fingerprint density at radius 1 is 0.451 bits per heavy atom. The first-order valence-electron chi connectivity index (χ1n) is 37.9. The minimum atomic E-state index is -1.12. The molecule has 19 heteroatoms. The molecule has 0 radical (unpaired) electrons. The van der Waals surface area contributed by atoms with Gasteiger partial charge < -0.3 is 88.3 Å². The van der Waals surface area contributed by atoms with Crippen LogP contribution in [0.4, 0.5) is 0 Å². The SMILES string of the molecule is C#CC(C)(O)COC(C)C.C#C[C@@](C)(O)COC(C)C.C#C[C@](C)(O)COC(C)C.CC(C)OCC12CC(CO)(C1)C2.CC(C)OCC12CC(O)(C1)C2.CC(C)OCC1CC(C)(O)C1.CNC(=O)C12CC(COC(C)C)(C1)C2.[C-]#[N+]C1(C)CC(COC(C)C)C1.[C-]#[N+]C12CC(COC(C)C)(C1)C2. The highest BCUT2D eigenvalue weighted by Gasteiger charge is 2.75. The lowest BCUT2D eigenvalue weighted by molar-refractivity contribution is -0.280. The summed E-state index contributed by atoms with van der Waals surface area (Å²) in [5.74, 6) is 8.13. The lowest BCUT2D eigenvalue weighted by Crippen LogP contribution is -2.69. The molecule has 14 rings (SSSR count). The van der Waals surface area contributed by atoms with Gasteiger partial charge in [-0.3, -0.25) is 4.79 Å². The third-order valence-corrected chi connectivity index (χ3v) is 20.3. The molecule has 0 aromatic heterocycles. The highest BCUT2D eigenvalue weighted by atomic mass is 16.5. The predicted molar refractivity (Wildman–Crippen MR) is 405 cm³/mol. The minimum absolute atomic E-state index is 0.00487. The molecule has 0 aliphatic heterocycles. The van der Waals surface area contributed by atoms with Crippen molar-refractivity contribution in [1.82, 2.24) is 5.32 Å². The number of carbonyl (C=O) groups is 1. The van der Waals surface area contributed by atoms with Crippen molar-refractivity contribution < 1.29 is 78.1 Å². The number of amides is 1. The van der Waals surface area contributed by atoms with Gasteiger partial charge in [0.1, 0.15) is 16.8 Å². The maximum Gasteiger partial charge on any atom is 0.234 e. The van der Waals surface area contributed by atoms with Crippen LogP contribution in [-0.2, 0) is 47.4 Å². The molecule has 3 atom stereocenters. The fourth-order valence-electron chi connectivity index (χ4n) is 15.3. The number of hydrogen-bond donors (Lipinski definition) is 7. The van der Waals surface area contributed by atoms with Gasteiger partial charge in [0.2, 0.25) is 17.0 Å². The van der Waals surface area contributed by atoms with E-state index < -0.39 is 22.4 Å². The molecule has 19 nitrogen and oxygen atoms in total. The monoisotopic (exact) mass is 1440 g/mol. The Kier molecular flexibility index (Phi) is 36.7. The third kappa shape index (κ3) is 31.8. The molecule has 8 bridgehead atoms. The van der Waals surface area contributed by atoms with Crippen LogP contribution in [-0.4, -0.2) is 204 Å². The molecule has 14 aliphatic carbocycles. The number of carbonyl (C=O) groups excluding carboxylic acids is 1. The van der Waals surface area contributed by atoms with Crippen LogP contribution in [0.3, 0.4) is 0 Å². The first-order chi connectivity index (χ1) is 46.7. The van der Waals surface area contributed by atoms with Crippen molar-refractivity contribution in [1.29, 1.82) is 0 Å². The molecule has 0 saturated heterocycles. The molecule has 1 unspecified atom stereocenters. The summed E-state index contributed by atoms with van der Waals surface area (Å²) in [6.07, 6.45) is 34.1. The molecule has 0 aromatic rings. The van der Waals surface area contributed by atoms with Gasteiger partial charge in [-0.25, -0.2) is 13.1 Å². The van der Waals surface area contributed by atoms with E-state index >= 15 is 0 Å². The molecule has 0 heterocycles. The summed E-state index contributed by atoms with van der Waals surface area (Å²) in [6, 6.07) is 0. The summed E-state index contributed by atoms with van der Waals surface area (Å²) in [6.45, 7) is 64.7. The zero-order valence-electron chi connectivity index (χ0n) is 68.1. The van der Waals surface area contributed by atoms with Gasteiger partial charge in [0.25, 0.3) is 0 Å². The molecule has 588 valence electrons. The van der Waals surface area contributed by atoms with Gasteiger partial charge in [0.15, 0.2) is 0 Å². The van der Waals surface area contributed by atoms with E-state index in [1.54, 1.807) is 27.8 Å². The second-order valence-electron chi connectivity index (χ2n) is 36.4. The maximum absolute atomic E-state index is 11.5. The Morgan fingerprint density at radius 3 is 0.961 bits per heavy atom. The van der Waals surface area contributed by atoms with Gasteiger partial charge >= 0.3 is 0 Å². The first kappa shape index (κ1) is 94.6. The lowest BCUT2D eigenvalue weighted by atomic mass is 9.35. The molecule has 14 fully saturated rings. The maximum atomic E-state index is 11.5. The van der Waals surface area contributed by atoms with Crippen molar-refractivity contribution in [2.24, 2.45) is 44.3 Å². The van der Waals surface area contributed by atoms with Crippen LogP contribution in [0, 0.1) is 94.5 Å². The molecule has 0 aromatic carbocycles. The molecule has 0 spiro atoms.